The third-order valence-electron chi connectivity index (χ3n) is 3.27. The lowest BCUT2D eigenvalue weighted by Crippen LogP contribution is -1.88. The maximum Gasteiger partial charge on any atom is 0.182 e. The second kappa shape index (κ2) is 8.40. The van der Waals surface area contributed by atoms with Gasteiger partial charge in [-0.2, -0.15) is 0 Å². The average molecular weight is 338 g/mol. The number of carbonyl (C=O) groups is 1. The zero-order chi connectivity index (χ0) is 18.2. The molecule has 0 heterocycles. The van der Waals surface area contributed by atoms with E-state index in [1.165, 1.54) is 37.5 Å². The summed E-state index contributed by atoms with van der Waals surface area (Å²) >= 11 is 0. The SMILES string of the molecule is COc1cc(/C=C/C(O)=CC(=O)/C=C/c2ccc(O)cc2)ccc1O. The molecule has 0 fully saturated rings. The van der Waals surface area contributed by atoms with Crippen molar-refractivity contribution < 1.29 is 24.9 Å². The fourth-order valence-electron chi connectivity index (χ4n) is 1.99. The van der Waals surface area contributed by atoms with E-state index >= 15 is 0 Å². The van der Waals surface area contributed by atoms with Crippen LogP contribution in [0.3, 0.4) is 0 Å². The van der Waals surface area contributed by atoms with Gasteiger partial charge in [0.1, 0.15) is 11.5 Å². The monoisotopic (exact) mass is 338 g/mol. The third-order valence-corrected chi connectivity index (χ3v) is 3.27. The Bertz CT molecular complexity index is 830. The summed E-state index contributed by atoms with van der Waals surface area (Å²) in [7, 11) is 1.44. The summed E-state index contributed by atoms with van der Waals surface area (Å²) < 4.78 is 5.00. The van der Waals surface area contributed by atoms with Crippen LogP contribution in [0.15, 0.2) is 66.5 Å². The number of rotatable bonds is 6. The molecule has 25 heavy (non-hydrogen) atoms. The molecule has 2 rings (SSSR count). The van der Waals surface area contributed by atoms with Crippen LogP contribution in [0.25, 0.3) is 12.2 Å². The van der Waals surface area contributed by atoms with Gasteiger partial charge in [-0.15, -0.1) is 0 Å². The summed E-state index contributed by atoms with van der Waals surface area (Å²) in [5, 5.41) is 28.5. The van der Waals surface area contributed by atoms with E-state index < -0.39 is 0 Å². The Labute approximate surface area is 145 Å². The Balaban J connectivity index is 2.02. The van der Waals surface area contributed by atoms with E-state index in [2.05, 4.69) is 0 Å². The van der Waals surface area contributed by atoms with Crippen molar-refractivity contribution in [1.82, 2.24) is 0 Å². The first kappa shape index (κ1) is 17.9. The highest BCUT2D eigenvalue weighted by molar-refractivity contribution is 6.02. The third kappa shape index (κ3) is 5.58. The first-order chi connectivity index (χ1) is 12.0. The lowest BCUT2D eigenvalue weighted by atomic mass is 10.1. The summed E-state index contributed by atoms with van der Waals surface area (Å²) in [5.41, 5.74) is 1.45. The van der Waals surface area contributed by atoms with E-state index in [1.807, 2.05) is 0 Å². The Morgan fingerprint density at radius 3 is 2.28 bits per heavy atom. The number of phenols is 2. The molecule has 0 saturated heterocycles. The van der Waals surface area contributed by atoms with Gasteiger partial charge in [0.05, 0.1) is 7.11 Å². The molecular weight excluding hydrogens is 320 g/mol. The molecule has 128 valence electrons. The number of hydrogen-bond acceptors (Lipinski definition) is 5. The fraction of sp³-hybridized carbons (Fsp3) is 0.0500. The average Bonchev–Trinajstić information content (AvgIpc) is 2.60. The molecule has 0 aliphatic carbocycles. The number of allylic oxidation sites excluding steroid dienone is 3. The highest BCUT2D eigenvalue weighted by Crippen LogP contribution is 2.26. The van der Waals surface area contributed by atoms with E-state index in [0.29, 0.717) is 11.3 Å². The van der Waals surface area contributed by atoms with Crippen molar-refractivity contribution in [2.75, 3.05) is 7.11 Å². The van der Waals surface area contributed by atoms with Crippen molar-refractivity contribution in [3.8, 4) is 17.2 Å². The van der Waals surface area contributed by atoms with Gasteiger partial charge in [-0.3, -0.25) is 4.79 Å². The topological polar surface area (TPSA) is 87.0 Å². The van der Waals surface area contributed by atoms with Crippen molar-refractivity contribution in [1.29, 1.82) is 0 Å². The van der Waals surface area contributed by atoms with Crippen molar-refractivity contribution in [3.05, 3.63) is 77.6 Å². The van der Waals surface area contributed by atoms with E-state index in [-0.39, 0.29) is 23.0 Å². The normalized spacial score (nSPS) is 12.0. The zero-order valence-electron chi connectivity index (χ0n) is 13.6. The summed E-state index contributed by atoms with van der Waals surface area (Å²) in [6.45, 7) is 0. The number of benzene rings is 2. The van der Waals surface area contributed by atoms with Gasteiger partial charge >= 0.3 is 0 Å². The number of methoxy groups -OCH3 is 1. The van der Waals surface area contributed by atoms with Crippen LogP contribution in [-0.2, 0) is 4.79 Å². The molecule has 2 aromatic carbocycles. The van der Waals surface area contributed by atoms with Crippen LogP contribution in [0.1, 0.15) is 11.1 Å². The molecule has 0 aliphatic rings. The van der Waals surface area contributed by atoms with E-state index in [9.17, 15) is 20.1 Å². The van der Waals surface area contributed by atoms with Gasteiger partial charge in [-0.1, -0.05) is 30.4 Å². The maximum absolute atomic E-state index is 11.8. The molecule has 0 aromatic heterocycles. The molecule has 0 aliphatic heterocycles. The smallest absolute Gasteiger partial charge is 0.182 e. The Morgan fingerprint density at radius 1 is 0.960 bits per heavy atom. The molecule has 0 unspecified atom stereocenters. The van der Waals surface area contributed by atoms with Gasteiger partial charge in [0.15, 0.2) is 17.3 Å². The largest absolute Gasteiger partial charge is 0.508 e. The van der Waals surface area contributed by atoms with Gasteiger partial charge in [0, 0.05) is 6.08 Å². The molecule has 0 saturated carbocycles. The Morgan fingerprint density at radius 2 is 1.60 bits per heavy atom. The first-order valence-electron chi connectivity index (χ1n) is 7.45. The highest BCUT2D eigenvalue weighted by Gasteiger charge is 2.01. The van der Waals surface area contributed by atoms with Crippen LogP contribution in [0.5, 0.6) is 17.2 Å². The molecular formula is C20H18O5. The van der Waals surface area contributed by atoms with Gasteiger partial charge in [-0.25, -0.2) is 0 Å². The minimum Gasteiger partial charge on any atom is -0.508 e. The van der Waals surface area contributed by atoms with E-state index in [4.69, 9.17) is 4.74 Å². The van der Waals surface area contributed by atoms with Crippen molar-refractivity contribution in [3.63, 3.8) is 0 Å². The molecule has 5 nitrogen and oxygen atoms in total. The van der Waals surface area contributed by atoms with Crippen LogP contribution >= 0.6 is 0 Å². The molecule has 0 bridgehead atoms. The van der Waals surface area contributed by atoms with Crippen LogP contribution in [-0.4, -0.2) is 28.2 Å². The zero-order valence-corrected chi connectivity index (χ0v) is 13.6. The Kier molecular flexibility index (Phi) is 6.01. The van der Waals surface area contributed by atoms with Gasteiger partial charge in [-0.05, 0) is 47.5 Å². The van der Waals surface area contributed by atoms with E-state index in [1.54, 1.807) is 36.4 Å². The van der Waals surface area contributed by atoms with Crippen LogP contribution in [0.2, 0.25) is 0 Å². The van der Waals surface area contributed by atoms with Crippen molar-refractivity contribution in [2.24, 2.45) is 0 Å². The number of aliphatic hydroxyl groups excluding tert-OH is 1. The van der Waals surface area contributed by atoms with Crippen molar-refractivity contribution in [2.45, 2.75) is 0 Å². The maximum atomic E-state index is 11.8. The molecule has 2 aromatic rings. The first-order valence-corrected chi connectivity index (χ1v) is 7.45. The highest BCUT2D eigenvalue weighted by atomic mass is 16.5. The molecule has 0 spiro atoms. The summed E-state index contributed by atoms with van der Waals surface area (Å²) in [4.78, 5) is 11.8. The quantitative estimate of drug-likeness (QED) is 0.423. The second-order valence-corrected chi connectivity index (χ2v) is 5.16. The molecule has 3 N–H and O–H groups in total. The lowest BCUT2D eigenvalue weighted by molar-refractivity contribution is -0.110. The number of ether oxygens (including phenoxy) is 1. The van der Waals surface area contributed by atoms with Crippen LogP contribution in [0.4, 0.5) is 0 Å². The van der Waals surface area contributed by atoms with Crippen LogP contribution < -0.4 is 4.74 Å². The number of phenolic OH excluding ortho intramolecular Hbond substituents is 2. The Hall–Kier alpha value is -3.47. The summed E-state index contributed by atoms with van der Waals surface area (Å²) in [6, 6.07) is 11.1. The molecule has 0 amide bonds. The number of aromatic hydroxyl groups is 2. The molecule has 0 radical (unpaired) electrons. The van der Waals surface area contributed by atoms with E-state index in [0.717, 1.165) is 11.6 Å². The summed E-state index contributed by atoms with van der Waals surface area (Å²) in [6.07, 6.45) is 6.95. The number of carbonyl (C=O) groups excluding carboxylic acids is 1. The number of ketones is 1. The predicted octanol–water partition coefficient (Wildman–Crippen LogP) is 3.84. The lowest BCUT2D eigenvalue weighted by Gasteiger charge is -2.03. The minimum absolute atomic E-state index is 0.0222. The van der Waals surface area contributed by atoms with Gasteiger partial charge in [0.2, 0.25) is 0 Å². The molecule has 5 heteroatoms. The number of aliphatic hydroxyl groups is 1. The fourth-order valence-corrected chi connectivity index (χ4v) is 1.99. The second-order valence-electron chi connectivity index (χ2n) is 5.16. The van der Waals surface area contributed by atoms with Gasteiger partial charge < -0.3 is 20.1 Å². The number of hydrogen-bond donors (Lipinski definition) is 3. The van der Waals surface area contributed by atoms with Gasteiger partial charge in [0.25, 0.3) is 0 Å². The van der Waals surface area contributed by atoms with Crippen molar-refractivity contribution >= 4 is 17.9 Å². The van der Waals surface area contributed by atoms with Crippen LogP contribution in [0, 0.1) is 0 Å². The minimum atomic E-state index is -0.376. The summed E-state index contributed by atoms with van der Waals surface area (Å²) in [5.74, 6) is -0.0876. The molecule has 0 atom stereocenters. The standard InChI is InChI=1S/C20H18O5/c1-25-20-12-15(6-11-19(20)24)5-10-18(23)13-17(22)9-4-14-2-7-16(21)8-3-14/h2-13,21,23-24H,1H3/b9-4+,10-5+,18-13?. The predicted molar refractivity (Wildman–Crippen MR) is 96.6 cm³/mol.